The Morgan fingerprint density at radius 3 is 2.40 bits per heavy atom. The molecule has 20 heavy (non-hydrogen) atoms. The van der Waals surface area contributed by atoms with Gasteiger partial charge in [-0.2, -0.15) is 0 Å². The smallest absolute Gasteiger partial charge is 0.334 e. The van der Waals surface area contributed by atoms with Gasteiger partial charge in [0, 0.05) is 27.9 Å². The minimum absolute atomic E-state index is 0.152. The predicted octanol–water partition coefficient (Wildman–Crippen LogP) is 1.16. The molecule has 7 heteroatoms. The minimum atomic E-state index is -1.96. The van der Waals surface area contributed by atoms with Crippen LogP contribution in [0.2, 0.25) is 12.6 Å². The van der Waals surface area contributed by atoms with Gasteiger partial charge in [0.1, 0.15) is 6.61 Å². The Morgan fingerprint density at radius 2 is 1.85 bits per heavy atom. The van der Waals surface area contributed by atoms with Crippen LogP contribution in [0.1, 0.15) is 13.3 Å². The van der Waals surface area contributed by atoms with Crippen LogP contribution in [0.15, 0.2) is 0 Å². The van der Waals surface area contributed by atoms with Crippen molar-refractivity contribution in [2.75, 3.05) is 47.6 Å². The van der Waals surface area contributed by atoms with Crippen LogP contribution in [0.5, 0.6) is 0 Å². The van der Waals surface area contributed by atoms with E-state index >= 15 is 0 Å². The van der Waals surface area contributed by atoms with Gasteiger partial charge in [-0.05, 0) is 25.6 Å². The summed E-state index contributed by atoms with van der Waals surface area (Å²) >= 11 is 0. The van der Waals surface area contributed by atoms with Crippen LogP contribution in [0.3, 0.4) is 0 Å². The lowest BCUT2D eigenvalue weighted by Crippen LogP contribution is -2.37. The first-order valence-corrected chi connectivity index (χ1v) is 9.48. The van der Waals surface area contributed by atoms with Crippen molar-refractivity contribution < 1.29 is 23.1 Å². The van der Waals surface area contributed by atoms with Crippen molar-refractivity contribution in [3.05, 3.63) is 0 Å². The van der Waals surface area contributed by atoms with Crippen LogP contribution in [0.25, 0.3) is 0 Å². The first kappa shape index (κ1) is 19.5. The molecule has 120 valence electrons. The molecule has 0 spiro atoms. The number of ether oxygens (including phenoxy) is 2. The third-order valence-corrected chi connectivity index (χ3v) is 6.22. The predicted molar refractivity (Wildman–Crippen MR) is 79.9 cm³/mol. The Labute approximate surface area is 123 Å². The van der Waals surface area contributed by atoms with Gasteiger partial charge < -0.3 is 23.6 Å². The van der Waals surface area contributed by atoms with Crippen LogP contribution in [-0.4, -0.2) is 62.2 Å². The summed E-state index contributed by atoms with van der Waals surface area (Å²) in [4.78, 5) is 11.6. The zero-order valence-corrected chi connectivity index (χ0v) is 14.4. The van der Waals surface area contributed by atoms with Gasteiger partial charge in [0.25, 0.3) is 0 Å². The van der Waals surface area contributed by atoms with Crippen molar-refractivity contribution in [3.8, 4) is 0 Å². The molecule has 0 aliphatic carbocycles. The highest BCUT2D eigenvalue weighted by Crippen LogP contribution is 2.12. The van der Waals surface area contributed by atoms with E-state index in [9.17, 15) is 4.79 Å². The largest absolute Gasteiger partial charge is 0.463 e. The average Bonchev–Trinajstić information content (AvgIpc) is 2.46. The van der Waals surface area contributed by atoms with Crippen molar-refractivity contribution in [1.29, 1.82) is 0 Å². The number of carbonyl (C=O) groups excluding carboxylic acids is 1. The molecule has 0 bridgehead atoms. The van der Waals surface area contributed by atoms with Crippen molar-refractivity contribution in [2.24, 2.45) is 5.92 Å². The van der Waals surface area contributed by atoms with Crippen LogP contribution in [0, 0.1) is 5.92 Å². The van der Waals surface area contributed by atoms with E-state index in [1.807, 2.05) is 13.5 Å². The molecule has 0 saturated heterocycles. The maximum absolute atomic E-state index is 11.6. The molecule has 0 fully saturated rings. The molecule has 0 radical (unpaired) electrons. The van der Waals surface area contributed by atoms with Gasteiger partial charge in [-0.15, -0.1) is 0 Å². The summed E-state index contributed by atoms with van der Waals surface area (Å²) in [5.41, 5.74) is 0. The summed E-state index contributed by atoms with van der Waals surface area (Å²) in [5.74, 6) is -0.345. The monoisotopic (exact) mass is 307 g/mol. The number of methoxy groups -OCH3 is 1. The molecule has 0 amide bonds. The lowest BCUT2D eigenvalue weighted by atomic mass is 10.2. The van der Waals surface area contributed by atoms with E-state index in [0.29, 0.717) is 19.8 Å². The van der Waals surface area contributed by atoms with Crippen LogP contribution >= 0.6 is 0 Å². The molecule has 6 nitrogen and oxygen atoms in total. The number of carbonyl (C=O) groups is 1. The second-order valence-electron chi connectivity index (χ2n) is 4.91. The molecule has 0 aromatic rings. The first-order chi connectivity index (χ1) is 9.49. The van der Waals surface area contributed by atoms with Crippen molar-refractivity contribution in [3.63, 3.8) is 0 Å². The van der Waals surface area contributed by atoms with Gasteiger partial charge in [-0.25, -0.2) is 0 Å². The highest BCUT2D eigenvalue weighted by Gasteiger charge is 2.27. The fourth-order valence-electron chi connectivity index (χ4n) is 1.59. The summed E-state index contributed by atoms with van der Waals surface area (Å²) in [5, 5.41) is 3.26. The van der Waals surface area contributed by atoms with Gasteiger partial charge in [-0.3, -0.25) is 4.79 Å². The minimum Gasteiger partial charge on any atom is -0.463 e. The van der Waals surface area contributed by atoms with Gasteiger partial charge in [0.05, 0.1) is 12.5 Å². The number of hydrogen-bond acceptors (Lipinski definition) is 6. The van der Waals surface area contributed by atoms with Gasteiger partial charge in [-0.1, -0.05) is 6.92 Å². The van der Waals surface area contributed by atoms with Crippen molar-refractivity contribution >= 4 is 14.5 Å². The molecule has 0 aliphatic heterocycles. The number of hydrogen-bond donors (Lipinski definition) is 1. The van der Waals surface area contributed by atoms with Crippen LogP contribution in [-0.2, 0) is 23.1 Å². The van der Waals surface area contributed by atoms with E-state index in [1.54, 1.807) is 21.3 Å². The molecule has 0 heterocycles. The summed E-state index contributed by atoms with van der Waals surface area (Å²) in [6, 6.07) is 0.930. The normalized spacial score (nSPS) is 13.2. The third-order valence-electron chi connectivity index (χ3n) is 3.23. The Hall–Kier alpha value is -0.473. The Balaban J connectivity index is 3.66. The molecule has 1 atom stereocenters. The Kier molecular flexibility index (Phi) is 10.9. The van der Waals surface area contributed by atoms with E-state index in [4.69, 9.17) is 18.3 Å². The van der Waals surface area contributed by atoms with E-state index in [1.165, 1.54) is 0 Å². The molecule has 0 saturated carbocycles. The Bertz CT molecular complexity index is 261. The molecule has 0 aliphatic rings. The molecule has 1 N–H and O–H groups in total. The fourth-order valence-corrected chi connectivity index (χ4v) is 2.99. The van der Waals surface area contributed by atoms with E-state index < -0.39 is 8.56 Å². The lowest BCUT2D eigenvalue weighted by Gasteiger charge is -2.22. The number of esters is 1. The van der Waals surface area contributed by atoms with Crippen LogP contribution < -0.4 is 5.32 Å². The highest BCUT2D eigenvalue weighted by atomic mass is 28.4. The zero-order valence-electron chi connectivity index (χ0n) is 13.4. The second-order valence-corrected chi connectivity index (χ2v) is 8.50. The van der Waals surface area contributed by atoms with Gasteiger partial charge in [0.15, 0.2) is 0 Å². The van der Waals surface area contributed by atoms with Crippen molar-refractivity contribution in [2.45, 2.75) is 25.9 Å². The summed E-state index contributed by atoms with van der Waals surface area (Å²) in [6.45, 7) is 6.09. The summed E-state index contributed by atoms with van der Waals surface area (Å²) in [6.07, 6.45) is 0.968. The van der Waals surface area contributed by atoms with Gasteiger partial charge in [0.2, 0.25) is 0 Å². The van der Waals surface area contributed by atoms with E-state index in [-0.39, 0.29) is 11.9 Å². The molecule has 0 rings (SSSR count). The highest BCUT2D eigenvalue weighted by molar-refractivity contribution is 6.65. The van der Waals surface area contributed by atoms with Crippen LogP contribution in [0.4, 0.5) is 0 Å². The first-order valence-electron chi connectivity index (χ1n) is 6.95. The molecule has 1 unspecified atom stereocenters. The summed E-state index contributed by atoms with van der Waals surface area (Å²) < 4.78 is 20.7. The molecular weight excluding hydrogens is 278 g/mol. The standard InChI is InChI=1S/C13H29NO5Si/c1-12(13(15)19-9-8-16-2)11-14-7-6-10-20(5,17-3)18-4/h12,14H,6-11H2,1-5H3. The maximum atomic E-state index is 11.6. The maximum Gasteiger partial charge on any atom is 0.334 e. The van der Waals surface area contributed by atoms with Crippen molar-refractivity contribution in [1.82, 2.24) is 5.32 Å². The fraction of sp³-hybridized carbons (Fsp3) is 0.923. The second kappa shape index (κ2) is 11.2. The summed E-state index contributed by atoms with van der Waals surface area (Å²) in [7, 11) is 3.01. The Morgan fingerprint density at radius 1 is 1.20 bits per heavy atom. The molecule has 0 aromatic heterocycles. The third kappa shape index (κ3) is 8.65. The number of nitrogens with one attached hydrogen (secondary N) is 1. The zero-order chi connectivity index (χ0) is 15.4. The number of rotatable bonds is 12. The average molecular weight is 307 g/mol. The van der Waals surface area contributed by atoms with Gasteiger partial charge >= 0.3 is 14.5 Å². The quantitative estimate of drug-likeness (QED) is 0.331. The topological polar surface area (TPSA) is 66.0 Å². The van der Waals surface area contributed by atoms with E-state index in [2.05, 4.69) is 5.32 Å². The van der Waals surface area contributed by atoms with E-state index in [0.717, 1.165) is 19.0 Å². The molecular formula is C13H29NO5Si. The lowest BCUT2D eigenvalue weighted by molar-refractivity contribution is -0.149. The SMILES string of the molecule is COCCOC(=O)C(C)CNCCC[Si](C)(OC)OC. The molecule has 0 aromatic carbocycles.